The van der Waals surface area contributed by atoms with Gasteiger partial charge in [0.2, 0.25) is 5.91 Å². The Morgan fingerprint density at radius 3 is 1.46 bits per heavy atom. The largest absolute Gasteiger partial charge is 0.494 e. The monoisotopic (exact) mass is 1470 g/mol. The predicted molar refractivity (Wildman–Crippen MR) is 420 cm³/mol. The molecular weight excluding hydrogens is 1380 g/mol. The van der Waals surface area contributed by atoms with Gasteiger partial charge in [0.15, 0.2) is 0 Å². The van der Waals surface area contributed by atoms with E-state index >= 15 is 0 Å². The van der Waals surface area contributed by atoms with Crippen LogP contribution in [-0.4, -0.2) is 91.4 Å². The predicted octanol–water partition coefficient (Wildman–Crippen LogP) is 21.2. The Kier molecular flexibility index (Phi) is 21.1. The fourth-order valence-corrected chi connectivity index (χ4v) is 14.0. The molecule has 0 saturated carbocycles. The highest BCUT2D eigenvalue weighted by Gasteiger charge is 2.51. The van der Waals surface area contributed by atoms with Crippen LogP contribution in [-0.2, 0) is 14.1 Å². The van der Waals surface area contributed by atoms with Gasteiger partial charge in [0, 0.05) is 164 Å². The van der Waals surface area contributed by atoms with E-state index < -0.39 is 0 Å². The van der Waals surface area contributed by atoms with E-state index in [1.807, 2.05) is 29.3 Å². The number of aromatic nitrogens is 9. The summed E-state index contributed by atoms with van der Waals surface area (Å²) in [4.78, 5) is 34.8. The molecule has 7 aromatic carbocycles. The Balaban J connectivity index is 0.000000124. The summed E-state index contributed by atoms with van der Waals surface area (Å²) in [5.41, 5.74) is 15.5. The number of nitrogens with one attached hydrogen (secondary N) is 2. The van der Waals surface area contributed by atoms with Crippen LogP contribution in [0.5, 0.6) is 0 Å². The molecule has 2 N–H and O–H groups in total. The molecule has 0 atom stereocenters. The smallest absolute Gasteiger partial charge is 0.399 e. The minimum Gasteiger partial charge on any atom is -0.399 e. The fraction of sp³-hybridized carbons (Fsp3) is 0.296. The van der Waals surface area contributed by atoms with Crippen LogP contribution in [0.3, 0.4) is 0 Å². The van der Waals surface area contributed by atoms with Crippen LogP contribution in [0.4, 0.5) is 5.69 Å². The molecule has 2 aliphatic heterocycles. The van der Waals surface area contributed by atoms with E-state index in [9.17, 15) is 4.79 Å². The maximum absolute atomic E-state index is 11.6. The van der Waals surface area contributed by atoms with Gasteiger partial charge in [0.25, 0.3) is 0 Å². The SMILES string of the molecule is Brc1ccc2cc[nH]c2c1.CC(=O)N1CCC(Nc2cc(-c3ccc4ccn(C(C)C)c4c3)c3nccnc3c2)CC1.CC(C)n1ccc2ccc(-c3cc(Cl)cc4nccnc34)cc21.CC(C)n1ccc2ccc(B3OC(C)(C)C(C)(C)O3)cc21.CC(C)n1ccc2ccc(Br)cc21. The summed E-state index contributed by atoms with van der Waals surface area (Å²) >= 11 is 13.2. The van der Waals surface area contributed by atoms with Crippen molar-refractivity contribution >= 4 is 144 Å². The Hall–Kier alpha value is -8.58. The van der Waals surface area contributed by atoms with Crippen LogP contribution < -0.4 is 10.8 Å². The number of halogens is 3. The molecule has 14 aromatic rings. The Morgan fingerprint density at radius 1 is 0.525 bits per heavy atom. The maximum Gasteiger partial charge on any atom is 0.494 e. The lowest BCUT2D eigenvalue weighted by atomic mass is 9.79. The maximum atomic E-state index is 11.6. The van der Waals surface area contributed by atoms with Crippen molar-refractivity contribution in [3.63, 3.8) is 0 Å². The molecule has 1 amide bonds. The van der Waals surface area contributed by atoms with Crippen LogP contribution in [0.1, 0.15) is 127 Å². The third-order valence-electron chi connectivity index (χ3n) is 19.2. The van der Waals surface area contributed by atoms with Crippen molar-refractivity contribution in [3.8, 4) is 22.3 Å². The molecule has 2 aliphatic rings. The number of hydrogen-bond acceptors (Lipinski definition) is 8. The van der Waals surface area contributed by atoms with Crippen LogP contribution >= 0.6 is 43.5 Å². The van der Waals surface area contributed by atoms with Gasteiger partial charge in [-0.3, -0.25) is 24.7 Å². The number of hydrogen-bond donors (Lipinski definition) is 2. The zero-order valence-electron chi connectivity index (χ0n) is 58.7. The molecule has 99 heavy (non-hydrogen) atoms. The van der Waals surface area contributed by atoms with Crippen molar-refractivity contribution in [2.75, 3.05) is 18.4 Å². The number of rotatable bonds is 9. The van der Waals surface area contributed by atoms with Gasteiger partial charge in [-0.2, -0.15) is 0 Å². The lowest BCUT2D eigenvalue weighted by Crippen LogP contribution is -2.41. The van der Waals surface area contributed by atoms with Gasteiger partial charge >= 0.3 is 7.12 Å². The molecule has 7 aromatic heterocycles. The fourth-order valence-electron chi connectivity index (χ4n) is 13.1. The number of H-pyrrole nitrogens is 1. The van der Waals surface area contributed by atoms with Gasteiger partial charge in [-0.15, -0.1) is 0 Å². The normalized spacial score (nSPS) is 14.5. The number of carbonyl (C=O) groups excluding carboxylic acids is 1. The van der Waals surface area contributed by atoms with E-state index in [4.69, 9.17) is 20.9 Å². The Bertz CT molecular complexity index is 5180. The van der Waals surface area contributed by atoms with E-state index in [1.54, 1.807) is 31.7 Å². The summed E-state index contributed by atoms with van der Waals surface area (Å²) in [5.74, 6) is 0.160. The van der Waals surface area contributed by atoms with Crippen molar-refractivity contribution in [2.24, 2.45) is 0 Å². The highest BCUT2D eigenvalue weighted by Crippen LogP contribution is 2.39. The highest BCUT2D eigenvalue weighted by molar-refractivity contribution is 9.10. The Morgan fingerprint density at radius 2 is 0.960 bits per heavy atom. The molecule has 0 unspecified atom stereocenters. The van der Waals surface area contributed by atoms with Crippen LogP contribution in [0.25, 0.3) is 98.8 Å². The third kappa shape index (κ3) is 15.6. The molecule has 0 aliphatic carbocycles. The second-order valence-corrected chi connectivity index (χ2v) is 30.2. The van der Waals surface area contributed by atoms with E-state index in [2.05, 4.69) is 316 Å². The number of carbonyl (C=O) groups is 1. The molecule has 9 heterocycles. The van der Waals surface area contributed by atoms with Crippen molar-refractivity contribution in [2.45, 2.75) is 144 Å². The van der Waals surface area contributed by atoms with Crippen molar-refractivity contribution in [1.82, 2.24) is 48.1 Å². The number of fused-ring (bicyclic) bond motifs is 7. The zero-order chi connectivity index (χ0) is 70.0. The van der Waals surface area contributed by atoms with Crippen molar-refractivity contribution < 1.29 is 14.1 Å². The van der Waals surface area contributed by atoms with Crippen LogP contribution in [0.2, 0.25) is 5.02 Å². The van der Waals surface area contributed by atoms with Gasteiger partial charge in [-0.05, 0) is 237 Å². The van der Waals surface area contributed by atoms with Crippen LogP contribution in [0, 0.1) is 0 Å². The van der Waals surface area contributed by atoms with Gasteiger partial charge in [-0.1, -0.05) is 92.0 Å². The van der Waals surface area contributed by atoms with Gasteiger partial charge in [0.1, 0.15) is 0 Å². The summed E-state index contributed by atoms with van der Waals surface area (Å²) in [7, 11) is -0.296. The minimum absolute atomic E-state index is 0.160. The van der Waals surface area contributed by atoms with Crippen molar-refractivity contribution in [1.29, 1.82) is 0 Å². The first kappa shape index (κ1) is 70.3. The summed E-state index contributed by atoms with van der Waals surface area (Å²) < 4.78 is 23.7. The first-order valence-electron chi connectivity index (χ1n) is 34.2. The average Bonchev–Trinajstić information content (AvgIpc) is 1.76. The number of piperidine rings is 1. The summed E-state index contributed by atoms with van der Waals surface area (Å²) in [6, 6.07) is 53.0. The second-order valence-electron chi connectivity index (χ2n) is 27.9. The highest BCUT2D eigenvalue weighted by atomic mass is 79.9. The molecule has 2 saturated heterocycles. The molecule has 16 rings (SSSR count). The number of likely N-dealkylation sites (tertiary alicyclic amines) is 1. The number of anilines is 1. The second kappa shape index (κ2) is 29.7. The van der Waals surface area contributed by atoms with Crippen LogP contribution in [0.15, 0.2) is 210 Å². The quantitative estimate of drug-likeness (QED) is 0.136. The molecule has 14 nitrogen and oxygen atoms in total. The van der Waals surface area contributed by atoms with E-state index in [0.717, 1.165) is 90.3 Å². The average molecular weight is 1470 g/mol. The molecule has 0 bridgehead atoms. The molecule has 0 radical (unpaired) electrons. The van der Waals surface area contributed by atoms with Crippen molar-refractivity contribution in [3.05, 3.63) is 215 Å². The molecule has 2 fully saturated rings. The summed E-state index contributed by atoms with van der Waals surface area (Å²) in [6.07, 6.45) is 19.3. The van der Waals surface area contributed by atoms with E-state index in [0.29, 0.717) is 35.2 Å². The Labute approximate surface area is 602 Å². The molecule has 0 spiro atoms. The lowest BCUT2D eigenvalue weighted by molar-refractivity contribution is -0.129. The van der Waals surface area contributed by atoms with E-state index in [-0.39, 0.29) is 24.2 Å². The number of amides is 1. The van der Waals surface area contributed by atoms with Gasteiger partial charge < -0.3 is 42.8 Å². The minimum atomic E-state index is -0.299. The van der Waals surface area contributed by atoms with Gasteiger partial charge in [0.05, 0.1) is 33.3 Å². The third-order valence-corrected chi connectivity index (χ3v) is 20.4. The summed E-state index contributed by atoms with van der Waals surface area (Å²) in [6.45, 7) is 29.2. The molecule has 508 valence electrons. The van der Waals surface area contributed by atoms with Gasteiger partial charge in [-0.25, -0.2) is 0 Å². The standard InChI is InChI=1S/C26H29N5O.C19H16ClN3.C17H24BNO2.C11H12BrN.C8H6BrN/c1-17(2)31-13-6-19-4-5-20(14-25(19)31)23-15-22(16-24-26(23)28-10-9-27-24)29-21-7-11-30(12-8-21)18(3)32;1-12(2)23-8-5-13-3-4-14(9-18(13)23)16-10-15(20)11-17-19(16)22-7-6-21-17;1-12(2)19-10-9-13-7-8-14(11-15(13)19)18-20-16(3,4)17(5,6)21-18;1-8(2)13-6-5-9-3-4-10(12)7-11(9)13;9-7-2-1-6-3-4-10-8(6)5-7/h4-6,9-10,13-17,21,29H,7-8,11-12H2,1-3H3;3-12H,1-2H3;7-12H,1-6H3;3-8H,1-2H3;1-5,10H. The number of nitrogens with zero attached hydrogens (tertiary/aromatic N) is 9. The first-order valence-corrected chi connectivity index (χ1v) is 36.2. The summed E-state index contributed by atoms with van der Waals surface area (Å²) in [5, 5.41) is 10.7. The number of benzene rings is 7. The lowest BCUT2D eigenvalue weighted by Gasteiger charge is -2.32. The first-order chi connectivity index (χ1) is 47.4. The topological polar surface area (TPSA) is 138 Å². The van der Waals surface area contributed by atoms with E-state index in [1.165, 1.54) is 54.5 Å². The molecule has 18 heteroatoms. The molecular formula is C81H87BBr2ClN11O3. The zero-order valence-corrected chi connectivity index (χ0v) is 62.7. The number of aromatic amines is 1.